The molecule has 0 unspecified atom stereocenters. The summed E-state index contributed by atoms with van der Waals surface area (Å²) in [6, 6.07) is 5.55. The van der Waals surface area contributed by atoms with Crippen LogP contribution in [0.5, 0.6) is 0 Å². The highest BCUT2D eigenvalue weighted by Crippen LogP contribution is 2.14. The Bertz CT molecular complexity index is 443. The van der Waals surface area contributed by atoms with Gasteiger partial charge in [-0.1, -0.05) is 0 Å². The Morgan fingerprint density at radius 2 is 2.35 bits per heavy atom. The van der Waals surface area contributed by atoms with E-state index in [1.165, 1.54) is 0 Å². The molecule has 1 N–H and O–H groups in total. The minimum absolute atomic E-state index is 0.612. The van der Waals surface area contributed by atoms with E-state index in [1.54, 1.807) is 19.6 Å². The van der Waals surface area contributed by atoms with Crippen LogP contribution in [0.4, 0.5) is 0 Å². The third-order valence-corrected chi connectivity index (χ3v) is 2.24. The van der Waals surface area contributed by atoms with E-state index in [0.717, 1.165) is 12.2 Å². The van der Waals surface area contributed by atoms with Crippen LogP contribution in [0.3, 0.4) is 0 Å². The fraction of sp³-hybridized carbons (Fsp3) is 0.333. The Hall–Kier alpha value is -1.72. The number of nitrogens with zero attached hydrogens (tertiary/aromatic N) is 2. The predicted molar refractivity (Wildman–Crippen MR) is 63.3 cm³/mol. The number of hydrogen-bond donors (Lipinski definition) is 1. The van der Waals surface area contributed by atoms with E-state index in [0.29, 0.717) is 24.7 Å². The Kier molecular flexibility index (Phi) is 4.23. The number of rotatable bonds is 6. The van der Waals surface area contributed by atoms with Crippen molar-refractivity contribution in [3.8, 4) is 11.6 Å². The van der Waals surface area contributed by atoms with Gasteiger partial charge >= 0.3 is 0 Å². The quantitative estimate of drug-likeness (QED) is 0.766. The molecule has 2 aromatic rings. The van der Waals surface area contributed by atoms with Gasteiger partial charge < -0.3 is 14.5 Å². The van der Waals surface area contributed by atoms with Gasteiger partial charge in [-0.05, 0) is 18.2 Å². The van der Waals surface area contributed by atoms with Gasteiger partial charge in [0.25, 0.3) is 0 Å². The molecule has 0 aliphatic carbocycles. The van der Waals surface area contributed by atoms with Crippen LogP contribution in [0.25, 0.3) is 11.6 Å². The highest BCUT2D eigenvalue weighted by molar-refractivity contribution is 5.45. The van der Waals surface area contributed by atoms with Crippen molar-refractivity contribution in [3.63, 3.8) is 0 Å². The predicted octanol–water partition coefficient (Wildman–Crippen LogP) is 1.47. The number of methoxy groups -OCH3 is 1. The monoisotopic (exact) mass is 233 g/mol. The van der Waals surface area contributed by atoms with Crippen molar-refractivity contribution in [2.75, 3.05) is 20.3 Å². The van der Waals surface area contributed by atoms with Crippen molar-refractivity contribution in [3.05, 3.63) is 36.4 Å². The van der Waals surface area contributed by atoms with Crippen molar-refractivity contribution in [2.45, 2.75) is 6.54 Å². The van der Waals surface area contributed by atoms with E-state index < -0.39 is 0 Å². The lowest BCUT2D eigenvalue weighted by Crippen LogP contribution is -2.19. The first-order chi connectivity index (χ1) is 8.40. The maximum atomic E-state index is 5.25. The molecule has 0 aromatic carbocycles. The Morgan fingerprint density at radius 1 is 1.41 bits per heavy atom. The number of nitrogens with one attached hydrogen (secondary N) is 1. The lowest BCUT2D eigenvalue weighted by atomic mass is 10.3. The van der Waals surface area contributed by atoms with E-state index in [4.69, 9.17) is 9.15 Å². The minimum atomic E-state index is 0.612. The van der Waals surface area contributed by atoms with Crippen LogP contribution in [0.15, 0.2) is 35.1 Å². The minimum Gasteiger partial charge on any atom is -0.461 e. The van der Waals surface area contributed by atoms with Crippen molar-refractivity contribution < 1.29 is 9.15 Å². The average molecular weight is 233 g/mol. The molecule has 17 heavy (non-hydrogen) atoms. The summed E-state index contributed by atoms with van der Waals surface area (Å²) in [5.74, 6) is 1.30. The van der Waals surface area contributed by atoms with Crippen LogP contribution >= 0.6 is 0 Å². The normalized spacial score (nSPS) is 10.6. The molecular weight excluding hydrogens is 218 g/mol. The summed E-state index contributed by atoms with van der Waals surface area (Å²) in [7, 11) is 1.68. The Balaban J connectivity index is 1.97. The second-order valence-electron chi connectivity index (χ2n) is 3.52. The topological polar surface area (TPSA) is 60.2 Å². The van der Waals surface area contributed by atoms with Gasteiger partial charge in [-0.2, -0.15) is 0 Å². The SMILES string of the molecule is COCCNCc1ccnc(-c2ccco2)n1. The van der Waals surface area contributed by atoms with E-state index in [9.17, 15) is 0 Å². The standard InChI is InChI=1S/C12H15N3O2/c1-16-8-6-13-9-10-4-5-14-12(15-10)11-3-2-7-17-11/h2-5,7,13H,6,8-9H2,1H3. The zero-order chi connectivity index (χ0) is 11.9. The van der Waals surface area contributed by atoms with Crippen LogP contribution in [0.1, 0.15) is 5.69 Å². The fourth-order valence-corrected chi connectivity index (χ4v) is 1.41. The number of furan rings is 1. The summed E-state index contributed by atoms with van der Waals surface area (Å²) in [5, 5.41) is 3.23. The third-order valence-electron chi connectivity index (χ3n) is 2.24. The van der Waals surface area contributed by atoms with Crippen LogP contribution in [0, 0.1) is 0 Å². The maximum Gasteiger partial charge on any atom is 0.195 e. The number of hydrogen-bond acceptors (Lipinski definition) is 5. The molecule has 0 aliphatic heterocycles. The van der Waals surface area contributed by atoms with E-state index >= 15 is 0 Å². The van der Waals surface area contributed by atoms with Crippen LogP contribution < -0.4 is 5.32 Å². The van der Waals surface area contributed by atoms with Crippen molar-refractivity contribution >= 4 is 0 Å². The number of ether oxygens (including phenoxy) is 1. The lowest BCUT2D eigenvalue weighted by molar-refractivity contribution is 0.199. The summed E-state index contributed by atoms with van der Waals surface area (Å²) in [4.78, 5) is 8.57. The highest BCUT2D eigenvalue weighted by Gasteiger charge is 2.04. The Morgan fingerprint density at radius 3 is 3.12 bits per heavy atom. The lowest BCUT2D eigenvalue weighted by Gasteiger charge is -2.04. The summed E-state index contributed by atoms with van der Waals surface area (Å²) in [6.07, 6.45) is 3.35. The molecule has 0 aliphatic rings. The first kappa shape index (κ1) is 11.8. The molecule has 0 amide bonds. The molecular formula is C12H15N3O2. The van der Waals surface area contributed by atoms with Crippen LogP contribution in [-0.4, -0.2) is 30.2 Å². The zero-order valence-electron chi connectivity index (χ0n) is 9.72. The molecule has 2 aromatic heterocycles. The Labute approximate surface area is 99.8 Å². The molecule has 0 bridgehead atoms. The molecule has 2 rings (SSSR count). The summed E-state index contributed by atoms with van der Waals surface area (Å²) < 4.78 is 10.2. The van der Waals surface area contributed by atoms with Gasteiger partial charge in [0.2, 0.25) is 0 Å². The van der Waals surface area contributed by atoms with Gasteiger partial charge in [-0.25, -0.2) is 9.97 Å². The molecule has 0 saturated carbocycles. The molecule has 90 valence electrons. The first-order valence-corrected chi connectivity index (χ1v) is 5.45. The van der Waals surface area contributed by atoms with Crippen LogP contribution in [0.2, 0.25) is 0 Å². The fourth-order valence-electron chi connectivity index (χ4n) is 1.41. The molecule has 5 nitrogen and oxygen atoms in total. The summed E-state index contributed by atoms with van der Waals surface area (Å²) in [5.41, 5.74) is 0.933. The van der Waals surface area contributed by atoms with Gasteiger partial charge in [0.15, 0.2) is 11.6 Å². The van der Waals surface area contributed by atoms with Gasteiger partial charge in [0.05, 0.1) is 18.6 Å². The molecule has 0 radical (unpaired) electrons. The van der Waals surface area contributed by atoms with Crippen LogP contribution in [-0.2, 0) is 11.3 Å². The second kappa shape index (κ2) is 6.12. The third kappa shape index (κ3) is 3.37. The largest absolute Gasteiger partial charge is 0.461 e. The molecule has 0 fully saturated rings. The van der Waals surface area contributed by atoms with Gasteiger partial charge in [0, 0.05) is 26.4 Å². The smallest absolute Gasteiger partial charge is 0.195 e. The molecule has 0 saturated heterocycles. The van der Waals surface area contributed by atoms with Gasteiger partial charge in [-0.3, -0.25) is 0 Å². The first-order valence-electron chi connectivity index (χ1n) is 5.45. The summed E-state index contributed by atoms with van der Waals surface area (Å²) in [6.45, 7) is 2.19. The molecule has 0 atom stereocenters. The molecule has 5 heteroatoms. The van der Waals surface area contributed by atoms with Crippen molar-refractivity contribution in [1.29, 1.82) is 0 Å². The summed E-state index contributed by atoms with van der Waals surface area (Å²) >= 11 is 0. The highest BCUT2D eigenvalue weighted by atomic mass is 16.5. The van der Waals surface area contributed by atoms with Gasteiger partial charge in [-0.15, -0.1) is 0 Å². The van der Waals surface area contributed by atoms with Crippen molar-refractivity contribution in [1.82, 2.24) is 15.3 Å². The number of aromatic nitrogens is 2. The van der Waals surface area contributed by atoms with E-state index in [-0.39, 0.29) is 0 Å². The zero-order valence-corrected chi connectivity index (χ0v) is 9.72. The van der Waals surface area contributed by atoms with Crippen molar-refractivity contribution in [2.24, 2.45) is 0 Å². The second-order valence-corrected chi connectivity index (χ2v) is 3.52. The molecule has 0 spiro atoms. The van der Waals surface area contributed by atoms with Gasteiger partial charge in [0.1, 0.15) is 0 Å². The average Bonchev–Trinajstić information content (AvgIpc) is 2.89. The van der Waals surface area contributed by atoms with E-state index in [1.807, 2.05) is 18.2 Å². The van der Waals surface area contributed by atoms with E-state index in [2.05, 4.69) is 15.3 Å². The molecule has 2 heterocycles. The maximum absolute atomic E-state index is 5.25.